The molecule has 31 heavy (non-hydrogen) atoms. The van der Waals surface area contributed by atoms with Gasteiger partial charge in [0.25, 0.3) is 0 Å². The highest BCUT2D eigenvalue weighted by Gasteiger charge is 2.35. The van der Waals surface area contributed by atoms with Gasteiger partial charge in [0.15, 0.2) is 16.7 Å². The molecule has 0 amide bonds. The van der Waals surface area contributed by atoms with Crippen LogP contribution in [-0.4, -0.2) is 54.7 Å². The Hall–Kier alpha value is -2.37. The molecule has 168 valence electrons. The number of methoxy groups -OCH3 is 2. The van der Waals surface area contributed by atoms with Crippen LogP contribution >= 0.6 is 11.8 Å². The van der Waals surface area contributed by atoms with Gasteiger partial charge in [0, 0.05) is 17.2 Å². The standard InChI is InChI=1S/C20H21F3N2O5S/c1-11(26)6-17(16-9-29-10-30-16)31-19-24-13(8-18(25-19)20(21,22)23)12-4-5-14(27-2)15(7-12)28-3/h4-5,7-8,16-17H,6,9-10H2,1-3H3. The average molecular weight is 458 g/mol. The second kappa shape index (κ2) is 9.84. The Balaban J connectivity index is 2.01. The lowest BCUT2D eigenvalue weighted by Crippen LogP contribution is -2.27. The Morgan fingerprint density at radius 1 is 1.23 bits per heavy atom. The van der Waals surface area contributed by atoms with Crippen LogP contribution in [0.15, 0.2) is 29.4 Å². The molecular weight excluding hydrogens is 437 g/mol. The fourth-order valence-corrected chi connectivity index (χ4v) is 4.20. The number of nitrogens with zero attached hydrogens (tertiary/aromatic N) is 2. The van der Waals surface area contributed by atoms with Gasteiger partial charge in [-0.2, -0.15) is 13.2 Å². The third-order valence-corrected chi connectivity index (χ3v) is 5.65. The van der Waals surface area contributed by atoms with Crippen LogP contribution in [0.1, 0.15) is 19.0 Å². The first-order chi connectivity index (χ1) is 14.7. The van der Waals surface area contributed by atoms with Gasteiger partial charge < -0.3 is 18.9 Å². The quantitative estimate of drug-likeness (QED) is 0.434. The first-order valence-electron chi connectivity index (χ1n) is 9.25. The van der Waals surface area contributed by atoms with E-state index in [0.29, 0.717) is 17.1 Å². The van der Waals surface area contributed by atoms with E-state index in [1.807, 2.05) is 0 Å². The van der Waals surface area contributed by atoms with Crippen molar-refractivity contribution in [2.75, 3.05) is 27.6 Å². The minimum absolute atomic E-state index is 0.0657. The highest BCUT2D eigenvalue weighted by molar-refractivity contribution is 7.99. The predicted molar refractivity (Wildman–Crippen MR) is 106 cm³/mol. The summed E-state index contributed by atoms with van der Waals surface area (Å²) in [6, 6.07) is 5.58. The SMILES string of the molecule is COc1ccc(-c2cc(C(F)(F)F)nc(SC(CC(C)=O)C3COCO3)n2)cc1OC. The fourth-order valence-electron chi connectivity index (χ4n) is 3.00. The molecule has 2 atom stereocenters. The Kier molecular flexibility index (Phi) is 7.39. The number of Topliss-reactive ketones (excluding diaryl/α,β-unsaturated/α-hetero) is 1. The maximum absolute atomic E-state index is 13.5. The van der Waals surface area contributed by atoms with Gasteiger partial charge in [-0.3, -0.25) is 4.79 Å². The zero-order valence-corrected chi connectivity index (χ0v) is 17.9. The van der Waals surface area contributed by atoms with Gasteiger partial charge in [-0.1, -0.05) is 11.8 Å². The number of aromatic nitrogens is 2. The van der Waals surface area contributed by atoms with Crippen molar-refractivity contribution in [1.82, 2.24) is 9.97 Å². The molecule has 0 bridgehead atoms. The van der Waals surface area contributed by atoms with E-state index in [2.05, 4.69) is 9.97 Å². The minimum atomic E-state index is -4.67. The Morgan fingerprint density at radius 2 is 1.97 bits per heavy atom. The monoisotopic (exact) mass is 458 g/mol. The summed E-state index contributed by atoms with van der Waals surface area (Å²) in [5, 5.41) is -0.594. The summed E-state index contributed by atoms with van der Waals surface area (Å²) in [7, 11) is 2.89. The molecule has 3 rings (SSSR count). The summed E-state index contributed by atoms with van der Waals surface area (Å²) in [5.74, 6) is 0.665. The van der Waals surface area contributed by atoms with Crippen molar-refractivity contribution in [3.05, 3.63) is 30.0 Å². The van der Waals surface area contributed by atoms with E-state index in [4.69, 9.17) is 18.9 Å². The molecule has 11 heteroatoms. The molecule has 1 aromatic carbocycles. The Morgan fingerprint density at radius 3 is 2.55 bits per heavy atom. The molecule has 0 aliphatic carbocycles. The van der Waals surface area contributed by atoms with E-state index in [9.17, 15) is 18.0 Å². The molecule has 7 nitrogen and oxygen atoms in total. The molecular formula is C20H21F3N2O5S. The molecule has 0 N–H and O–H groups in total. The van der Waals surface area contributed by atoms with Gasteiger partial charge in [0.2, 0.25) is 0 Å². The topological polar surface area (TPSA) is 79.8 Å². The lowest BCUT2D eigenvalue weighted by Gasteiger charge is -2.20. The number of benzene rings is 1. The van der Waals surface area contributed by atoms with Crippen LogP contribution in [-0.2, 0) is 20.4 Å². The molecule has 0 spiro atoms. The number of carbonyl (C=O) groups is 1. The highest BCUT2D eigenvalue weighted by atomic mass is 32.2. The van der Waals surface area contributed by atoms with E-state index in [1.54, 1.807) is 12.1 Å². The molecule has 2 unspecified atom stereocenters. The smallest absolute Gasteiger partial charge is 0.433 e. The van der Waals surface area contributed by atoms with Crippen molar-refractivity contribution in [2.24, 2.45) is 0 Å². The Labute approximate surface area is 181 Å². The zero-order valence-electron chi connectivity index (χ0n) is 17.1. The Bertz CT molecular complexity index is 936. The average Bonchev–Trinajstić information content (AvgIpc) is 3.26. The third kappa shape index (κ3) is 5.86. The summed E-state index contributed by atoms with van der Waals surface area (Å²) < 4.78 is 61.6. The molecule has 1 aliphatic rings. The van der Waals surface area contributed by atoms with Crippen molar-refractivity contribution < 1.29 is 36.9 Å². The maximum atomic E-state index is 13.5. The number of alkyl halides is 3. The molecule has 2 aromatic rings. The number of carbonyl (C=O) groups excluding carboxylic acids is 1. The van der Waals surface area contributed by atoms with Crippen LogP contribution in [0.25, 0.3) is 11.3 Å². The maximum Gasteiger partial charge on any atom is 0.433 e. The van der Waals surface area contributed by atoms with Gasteiger partial charge in [-0.15, -0.1) is 0 Å². The molecule has 0 radical (unpaired) electrons. The third-order valence-electron chi connectivity index (χ3n) is 4.48. The van der Waals surface area contributed by atoms with E-state index < -0.39 is 23.2 Å². The molecule has 1 saturated heterocycles. The summed E-state index contributed by atoms with van der Waals surface area (Å²) in [6.45, 7) is 1.72. The van der Waals surface area contributed by atoms with Crippen LogP contribution in [0.3, 0.4) is 0 Å². The van der Waals surface area contributed by atoms with Gasteiger partial charge in [-0.25, -0.2) is 9.97 Å². The van der Waals surface area contributed by atoms with Crippen LogP contribution in [0, 0.1) is 0 Å². The number of hydrogen-bond acceptors (Lipinski definition) is 8. The number of hydrogen-bond donors (Lipinski definition) is 0. The first-order valence-corrected chi connectivity index (χ1v) is 10.1. The van der Waals surface area contributed by atoms with Gasteiger partial charge in [0.1, 0.15) is 18.3 Å². The highest BCUT2D eigenvalue weighted by Crippen LogP contribution is 2.37. The first kappa shape index (κ1) is 23.3. The molecule has 1 aromatic heterocycles. The van der Waals surface area contributed by atoms with E-state index in [0.717, 1.165) is 17.8 Å². The van der Waals surface area contributed by atoms with E-state index >= 15 is 0 Å². The second-order valence-electron chi connectivity index (χ2n) is 6.74. The van der Waals surface area contributed by atoms with Crippen LogP contribution < -0.4 is 9.47 Å². The molecule has 2 heterocycles. The van der Waals surface area contributed by atoms with Crippen molar-refractivity contribution >= 4 is 17.5 Å². The van der Waals surface area contributed by atoms with Crippen molar-refractivity contribution in [3.8, 4) is 22.8 Å². The zero-order chi connectivity index (χ0) is 22.6. The minimum Gasteiger partial charge on any atom is -0.493 e. The summed E-state index contributed by atoms with van der Waals surface area (Å²) in [4.78, 5) is 19.7. The van der Waals surface area contributed by atoms with Crippen molar-refractivity contribution in [2.45, 2.75) is 36.0 Å². The number of thioether (sulfide) groups is 1. The van der Waals surface area contributed by atoms with E-state index in [-0.39, 0.29) is 36.5 Å². The number of halogens is 3. The van der Waals surface area contributed by atoms with Gasteiger partial charge >= 0.3 is 6.18 Å². The summed E-state index contributed by atoms with van der Waals surface area (Å²) >= 11 is 0.967. The van der Waals surface area contributed by atoms with E-state index in [1.165, 1.54) is 27.2 Å². The van der Waals surface area contributed by atoms with Crippen molar-refractivity contribution in [1.29, 1.82) is 0 Å². The second-order valence-corrected chi connectivity index (χ2v) is 7.95. The lowest BCUT2D eigenvalue weighted by atomic mass is 10.1. The van der Waals surface area contributed by atoms with Crippen LogP contribution in [0.2, 0.25) is 0 Å². The number of ketones is 1. The molecule has 0 saturated carbocycles. The normalized spacial score (nSPS) is 17.4. The fraction of sp³-hybridized carbons (Fsp3) is 0.450. The van der Waals surface area contributed by atoms with Gasteiger partial charge in [-0.05, 0) is 31.2 Å². The van der Waals surface area contributed by atoms with Crippen LogP contribution in [0.4, 0.5) is 13.2 Å². The summed E-state index contributed by atoms with van der Waals surface area (Å²) in [5.41, 5.74) is -0.619. The number of rotatable bonds is 8. The molecule has 1 fully saturated rings. The van der Waals surface area contributed by atoms with Crippen molar-refractivity contribution in [3.63, 3.8) is 0 Å². The van der Waals surface area contributed by atoms with Crippen LogP contribution in [0.5, 0.6) is 11.5 Å². The number of ether oxygens (including phenoxy) is 4. The lowest BCUT2D eigenvalue weighted by molar-refractivity contribution is -0.141. The summed E-state index contributed by atoms with van der Waals surface area (Å²) in [6.07, 6.45) is -5.03. The van der Waals surface area contributed by atoms with Gasteiger partial charge in [0.05, 0.1) is 32.6 Å². The molecule has 1 aliphatic heterocycles. The largest absolute Gasteiger partial charge is 0.493 e. The predicted octanol–water partition coefficient (Wildman–Crippen LogP) is 3.99.